The third-order valence-electron chi connectivity index (χ3n) is 3.44. The van der Waals surface area contributed by atoms with E-state index in [1.807, 2.05) is 6.07 Å². The summed E-state index contributed by atoms with van der Waals surface area (Å²) in [7, 11) is 0. The molecule has 1 unspecified atom stereocenters. The van der Waals surface area contributed by atoms with E-state index in [9.17, 15) is 4.39 Å². The molecule has 0 amide bonds. The summed E-state index contributed by atoms with van der Waals surface area (Å²) in [5.74, 6) is -0.321. The van der Waals surface area contributed by atoms with Crippen molar-refractivity contribution in [3.63, 3.8) is 0 Å². The van der Waals surface area contributed by atoms with Crippen LogP contribution in [0.5, 0.6) is 0 Å². The van der Waals surface area contributed by atoms with Crippen LogP contribution in [0.1, 0.15) is 46.1 Å². The molecule has 0 bridgehead atoms. The predicted octanol–water partition coefficient (Wildman–Crippen LogP) is 4.83. The van der Waals surface area contributed by atoms with E-state index in [1.54, 1.807) is 12.1 Å². The van der Waals surface area contributed by atoms with Crippen LogP contribution in [0.2, 0.25) is 5.02 Å². The van der Waals surface area contributed by atoms with Crippen molar-refractivity contribution in [2.45, 2.75) is 53.0 Å². The Labute approximate surface area is 121 Å². The minimum Gasteiger partial charge on any atom is -0.314 e. The van der Waals surface area contributed by atoms with Crippen LogP contribution >= 0.6 is 11.6 Å². The lowest BCUT2D eigenvalue weighted by Gasteiger charge is -2.31. The number of nitrogens with one attached hydrogen (secondary N) is 1. The lowest BCUT2D eigenvalue weighted by Crippen LogP contribution is -2.40. The minimum atomic E-state index is -0.321. The fourth-order valence-electron chi connectivity index (χ4n) is 2.29. The molecular weight excluding hydrogens is 261 g/mol. The average Bonchev–Trinajstić information content (AvgIpc) is 2.31. The first-order chi connectivity index (χ1) is 8.84. The van der Waals surface area contributed by atoms with E-state index in [0.29, 0.717) is 6.04 Å². The summed E-state index contributed by atoms with van der Waals surface area (Å²) in [6.07, 6.45) is 3.05. The van der Waals surface area contributed by atoms with E-state index in [0.717, 1.165) is 31.4 Å². The summed E-state index contributed by atoms with van der Waals surface area (Å²) in [5, 5.41) is 3.73. The molecule has 19 heavy (non-hydrogen) atoms. The standard InChI is InChI=1S/C16H25ClFN/c1-5-19-15(16(2,3)4)8-6-7-12-9-10-13(17)14(18)11-12/h9-11,15,19H,5-8H2,1-4H3. The maximum atomic E-state index is 13.3. The molecule has 108 valence electrons. The van der Waals surface area contributed by atoms with E-state index >= 15 is 0 Å². The van der Waals surface area contributed by atoms with Crippen LogP contribution in [0, 0.1) is 11.2 Å². The van der Waals surface area contributed by atoms with E-state index in [4.69, 9.17) is 11.6 Å². The first kappa shape index (κ1) is 16.5. The van der Waals surface area contributed by atoms with Crippen molar-refractivity contribution in [2.24, 2.45) is 5.41 Å². The third-order valence-corrected chi connectivity index (χ3v) is 3.74. The van der Waals surface area contributed by atoms with Crippen molar-refractivity contribution >= 4 is 11.6 Å². The van der Waals surface area contributed by atoms with Crippen molar-refractivity contribution in [1.82, 2.24) is 5.32 Å². The van der Waals surface area contributed by atoms with Crippen LogP contribution in [-0.2, 0) is 6.42 Å². The number of hydrogen-bond donors (Lipinski definition) is 1. The van der Waals surface area contributed by atoms with Gasteiger partial charge in [0.15, 0.2) is 0 Å². The molecule has 0 aliphatic rings. The summed E-state index contributed by atoms with van der Waals surface area (Å²) in [5.41, 5.74) is 1.27. The Hall–Kier alpha value is -0.600. The minimum absolute atomic E-state index is 0.198. The molecule has 1 N–H and O–H groups in total. The summed E-state index contributed by atoms with van der Waals surface area (Å²) in [6, 6.07) is 5.58. The topological polar surface area (TPSA) is 12.0 Å². The van der Waals surface area contributed by atoms with Crippen LogP contribution in [0.4, 0.5) is 4.39 Å². The van der Waals surface area contributed by atoms with Crippen molar-refractivity contribution < 1.29 is 4.39 Å². The third kappa shape index (κ3) is 5.50. The molecule has 0 aromatic heterocycles. The van der Waals surface area contributed by atoms with Gasteiger partial charge in [-0.25, -0.2) is 4.39 Å². The van der Waals surface area contributed by atoms with E-state index in [1.165, 1.54) is 0 Å². The molecule has 1 aromatic rings. The summed E-state index contributed by atoms with van der Waals surface area (Å²) < 4.78 is 13.3. The fraction of sp³-hybridized carbons (Fsp3) is 0.625. The van der Waals surface area contributed by atoms with Gasteiger partial charge in [0, 0.05) is 6.04 Å². The highest BCUT2D eigenvalue weighted by molar-refractivity contribution is 6.30. The molecule has 0 aliphatic carbocycles. The monoisotopic (exact) mass is 285 g/mol. The van der Waals surface area contributed by atoms with E-state index in [-0.39, 0.29) is 16.3 Å². The second kappa shape index (κ2) is 7.25. The van der Waals surface area contributed by atoms with Gasteiger partial charge in [-0.15, -0.1) is 0 Å². The molecule has 0 heterocycles. The van der Waals surface area contributed by atoms with Crippen LogP contribution in [-0.4, -0.2) is 12.6 Å². The number of aryl methyl sites for hydroxylation is 1. The molecule has 3 heteroatoms. The first-order valence-corrected chi connectivity index (χ1v) is 7.39. The molecule has 1 atom stereocenters. The Bertz CT molecular complexity index is 398. The Kier molecular flexibility index (Phi) is 6.28. The molecule has 0 aliphatic heterocycles. The van der Waals surface area contributed by atoms with Crippen LogP contribution < -0.4 is 5.32 Å². The molecule has 0 saturated heterocycles. The lowest BCUT2D eigenvalue weighted by atomic mass is 9.83. The molecule has 0 saturated carbocycles. The molecule has 0 spiro atoms. The predicted molar refractivity (Wildman–Crippen MR) is 81.3 cm³/mol. The van der Waals surface area contributed by atoms with Crippen molar-refractivity contribution in [3.05, 3.63) is 34.6 Å². The van der Waals surface area contributed by atoms with Gasteiger partial charge in [0.1, 0.15) is 5.82 Å². The van der Waals surface area contributed by atoms with Gasteiger partial charge in [-0.1, -0.05) is 45.4 Å². The molecular formula is C16H25ClFN. The zero-order chi connectivity index (χ0) is 14.5. The van der Waals surface area contributed by atoms with Gasteiger partial charge in [-0.05, 0) is 48.9 Å². The van der Waals surface area contributed by atoms with Crippen molar-refractivity contribution in [1.29, 1.82) is 0 Å². The van der Waals surface area contributed by atoms with Gasteiger partial charge >= 0.3 is 0 Å². The maximum Gasteiger partial charge on any atom is 0.142 e. The molecule has 0 radical (unpaired) electrons. The molecule has 1 aromatic carbocycles. The van der Waals surface area contributed by atoms with E-state index < -0.39 is 0 Å². The maximum absolute atomic E-state index is 13.3. The van der Waals surface area contributed by atoms with Gasteiger partial charge in [0.2, 0.25) is 0 Å². The normalized spacial score (nSPS) is 13.6. The van der Waals surface area contributed by atoms with Gasteiger partial charge in [0.25, 0.3) is 0 Å². The highest BCUT2D eigenvalue weighted by Crippen LogP contribution is 2.24. The first-order valence-electron chi connectivity index (χ1n) is 7.02. The van der Waals surface area contributed by atoms with Crippen LogP contribution in [0.15, 0.2) is 18.2 Å². The SMILES string of the molecule is CCNC(CCCc1ccc(Cl)c(F)c1)C(C)(C)C. The second-order valence-electron chi connectivity index (χ2n) is 6.12. The van der Waals surface area contributed by atoms with Gasteiger partial charge in [-0.2, -0.15) is 0 Å². The van der Waals surface area contributed by atoms with Gasteiger partial charge < -0.3 is 5.32 Å². The number of hydrogen-bond acceptors (Lipinski definition) is 1. The highest BCUT2D eigenvalue weighted by atomic mass is 35.5. The van der Waals surface area contributed by atoms with Crippen molar-refractivity contribution in [2.75, 3.05) is 6.54 Å². The summed E-state index contributed by atoms with van der Waals surface area (Å²) >= 11 is 5.68. The largest absolute Gasteiger partial charge is 0.314 e. The van der Waals surface area contributed by atoms with Crippen LogP contribution in [0.3, 0.4) is 0 Å². The zero-order valence-corrected chi connectivity index (χ0v) is 13.1. The molecule has 0 fully saturated rings. The molecule has 1 rings (SSSR count). The lowest BCUT2D eigenvalue weighted by molar-refractivity contribution is 0.254. The number of benzene rings is 1. The second-order valence-corrected chi connectivity index (χ2v) is 6.52. The van der Waals surface area contributed by atoms with Gasteiger partial charge in [0.05, 0.1) is 5.02 Å². The Morgan fingerprint density at radius 2 is 2.00 bits per heavy atom. The number of rotatable bonds is 6. The summed E-state index contributed by atoms with van der Waals surface area (Å²) in [6.45, 7) is 9.87. The average molecular weight is 286 g/mol. The van der Waals surface area contributed by atoms with Crippen molar-refractivity contribution in [3.8, 4) is 0 Å². The Balaban J connectivity index is 2.49. The smallest absolute Gasteiger partial charge is 0.142 e. The fourth-order valence-corrected chi connectivity index (χ4v) is 2.41. The summed E-state index contributed by atoms with van der Waals surface area (Å²) in [4.78, 5) is 0. The quantitative estimate of drug-likeness (QED) is 0.790. The Morgan fingerprint density at radius 1 is 1.32 bits per heavy atom. The van der Waals surface area contributed by atoms with Gasteiger partial charge in [-0.3, -0.25) is 0 Å². The number of halogens is 2. The highest BCUT2D eigenvalue weighted by Gasteiger charge is 2.22. The molecule has 1 nitrogen and oxygen atoms in total. The van der Waals surface area contributed by atoms with Crippen LogP contribution in [0.25, 0.3) is 0 Å². The van der Waals surface area contributed by atoms with E-state index in [2.05, 4.69) is 33.0 Å². The zero-order valence-electron chi connectivity index (χ0n) is 12.4. The Morgan fingerprint density at radius 3 is 2.53 bits per heavy atom.